The maximum absolute atomic E-state index is 14.1. The number of fused-ring (bicyclic) bond motifs is 1. The first-order valence-electron chi connectivity index (χ1n) is 7.64. The molecule has 0 saturated carbocycles. The molecule has 4 heterocycles. The smallest absolute Gasteiger partial charge is 0.244 e. The molecule has 2 saturated heterocycles. The number of aromatic nitrogens is 5. The van der Waals surface area contributed by atoms with Crippen LogP contribution in [-0.2, 0) is 11.3 Å². The maximum atomic E-state index is 14.1. The number of carbonyl (C=O) groups is 1. The molecule has 2 aromatic heterocycles. The Kier molecular flexibility index (Phi) is 3.79. The van der Waals surface area contributed by atoms with Crippen LogP contribution in [0.1, 0.15) is 0 Å². The molecule has 2 aromatic rings. The SMILES string of the molecule is O=C(Cn1ccnn1)N1C[C@@H]2CN(c3ncnc(Cl)c3F)C[C@@H]2C1. The molecule has 0 aliphatic carbocycles. The lowest BCUT2D eigenvalue weighted by Crippen LogP contribution is -2.35. The van der Waals surface area contributed by atoms with Crippen molar-refractivity contribution < 1.29 is 9.18 Å². The highest BCUT2D eigenvalue weighted by atomic mass is 35.5. The minimum atomic E-state index is -0.585. The molecular weight excluding hydrogens is 337 g/mol. The van der Waals surface area contributed by atoms with Crippen LogP contribution < -0.4 is 4.90 Å². The summed E-state index contributed by atoms with van der Waals surface area (Å²) in [4.78, 5) is 23.7. The average Bonchev–Trinajstić information content (AvgIpc) is 3.25. The van der Waals surface area contributed by atoms with Crippen LogP contribution >= 0.6 is 11.6 Å². The van der Waals surface area contributed by atoms with Crippen molar-refractivity contribution in [1.82, 2.24) is 29.9 Å². The fourth-order valence-corrected chi connectivity index (χ4v) is 3.61. The second-order valence-electron chi connectivity index (χ2n) is 6.13. The molecule has 0 bridgehead atoms. The second-order valence-corrected chi connectivity index (χ2v) is 6.48. The first-order valence-corrected chi connectivity index (χ1v) is 8.02. The molecule has 1 amide bonds. The van der Waals surface area contributed by atoms with Gasteiger partial charge in [0, 0.05) is 44.2 Å². The average molecular weight is 352 g/mol. The van der Waals surface area contributed by atoms with E-state index in [-0.39, 0.29) is 23.4 Å². The Morgan fingerprint density at radius 2 is 2.00 bits per heavy atom. The molecule has 8 nitrogen and oxygen atoms in total. The fraction of sp³-hybridized carbons (Fsp3) is 0.500. The number of likely N-dealkylation sites (tertiary alicyclic amines) is 1. The fourth-order valence-electron chi connectivity index (χ4n) is 3.49. The van der Waals surface area contributed by atoms with Gasteiger partial charge in [-0.05, 0) is 0 Å². The molecule has 0 spiro atoms. The topological polar surface area (TPSA) is 80.0 Å². The number of carbonyl (C=O) groups excluding carboxylic acids is 1. The Morgan fingerprint density at radius 1 is 1.25 bits per heavy atom. The summed E-state index contributed by atoms with van der Waals surface area (Å²) in [5, 5.41) is 7.34. The zero-order valence-corrected chi connectivity index (χ0v) is 13.5. The zero-order chi connectivity index (χ0) is 16.7. The van der Waals surface area contributed by atoms with E-state index in [0.29, 0.717) is 38.0 Å². The summed E-state index contributed by atoms with van der Waals surface area (Å²) >= 11 is 5.73. The van der Waals surface area contributed by atoms with Gasteiger partial charge in [-0.3, -0.25) is 4.79 Å². The highest BCUT2D eigenvalue weighted by molar-refractivity contribution is 6.29. The Labute approximate surface area is 142 Å². The number of anilines is 1. The van der Waals surface area contributed by atoms with Crippen molar-refractivity contribution in [2.75, 3.05) is 31.1 Å². The van der Waals surface area contributed by atoms with Gasteiger partial charge in [0.15, 0.2) is 11.0 Å². The molecule has 2 aliphatic rings. The summed E-state index contributed by atoms with van der Waals surface area (Å²) < 4.78 is 15.6. The normalized spacial score (nSPS) is 22.9. The van der Waals surface area contributed by atoms with Crippen molar-refractivity contribution in [2.45, 2.75) is 6.54 Å². The number of amides is 1. The van der Waals surface area contributed by atoms with E-state index in [9.17, 15) is 9.18 Å². The van der Waals surface area contributed by atoms with Gasteiger partial charge in [-0.1, -0.05) is 16.8 Å². The molecule has 126 valence electrons. The van der Waals surface area contributed by atoms with Crippen molar-refractivity contribution in [3.05, 3.63) is 29.7 Å². The molecule has 4 rings (SSSR count). The van der Waals surface area contributed by atoms with Crippen molar-refractivity contribution in [1.29, 1.82) is 0 Å². The first kappa shape index (κ1) is 15.3. The lowest BCUT2D eigenvalue weighted by Gasteiger charge is -2.22. The van der Waals surface area contributed by atoms with Crippen LogP contribution in [0.3, 0.4) is 0 Å². The molecular formula is C14H15ClFN7O. The predicted molar refractivity (Wildman–Crippen MR) is 82.8 cm³/mol. The second kappa shape index (κ2) is 5.97. The van der Waals surface area contributed by atoms with Gasteiger partial charge in [0.25, 0.3) is 0 Å². The number of hydrogen-bond acceptors (Lipinski definition) is 6. The van der Waals surface area contributed by atoms with Crippen molar-refractivity contribution in [3.63, 3.8) is 0 Å². The van der Waals surface area contributed by atoms with Crippen LogP contribution in [-0.4, -0.2) is 61.9 Å². The van der Waals surface area contributed by atoms with E-state index in [0.717, 1.165) is 0 Å². The van der Waals surface area contributed by atoms with Crippen LogP contribution in [0.4, 0.5) is 10.2 Å². The lowest BCUT2D eigenvalue weighted by atomic mass is 10.0. The van der Waals surface area contributed by atoms with Crippen LogP contribution in [0.5, 0.6) is 0 Å². The third-order valence-electron chi connectivity index (χ3n) is 4.64. The van der Waals surface area contributed by atoms with E-state index < -0.39 is 5.82 Å². The van der Waals surface area contributed by atoms with Crippen LogP contribution in [0.25, 0.3) is 0 Å². The highest BCUT2D eigenvalue weighted by Gasteiger charge is 2.42. The minimum absolute atomic E-state index is 0.0257. The Bertz CT molecular complexity index is 742. The first-order chi connectivity index (χ1) is 11.6. The van der Waals surface area contributed by atoms with E-state index in [1.807, 2.05) is 9.80 Å². The Morgan fingerprint density at radius 3 is 2.67 bits per heavy atom. The van der Waals surface area contributed by atoms with Crippen LogP contribution in [0.2, 0.25) is 5.15 Å². The number of halogens is 2. The number of rotatable bonds is 3. The molecule has 0 N–H and O–H groups in total. The van der Waals surface area contributed by atoms with E-state index in [1.165, 1.54) is 11.0 Å². The lowest BCUT2D eigenvalue weighted by molar-refractivity contribution is -0.131. The summed E-state index contributed by atoms with van der Waals surface area (Å²) in [5.41, 5.74) is 0. The van der Waals surface area contributed by atoms with Gasteiger partial charge in [-0.25, -0.2) is 14.6 Å². The summed E-state index contributed by atoms with van der Waals surface area (Å²) in [7, 11) is 0. The monoisotopic (exact) mass is 351 g/mol. The van der Waals surface area contributed by atoms with E-state index >= 15 is 0 Å². The number of nitrogens with zero attached hydrogens (tertiary/aromatic N) is 7. The summed E-state index contributed by atoms with van der Waals surface area (Å²) in [5.74, 6) is 0.288. The van der Waals surface area contributed by atoms with Gasteiger partial charge >= 0.3 is 0 Å². The summed E-state index contributed by atoms with van der Waals surface area (Å²) in [6, 6.07) is 0. The third-order valence-corrected chi connectivity index (χ3v) is 4.90. The standard InChI is InChI=1S/C14H15ClFN7O/c15-13-12(16)14(18-8-17-13)22-5-9-3-21(4-10(9)6-22)11(24)7-23-2-1-19-20-23/h1-2,8-10H,3-7H2/t9-,10+. The van der Waals surface area contributed by atoms with E-state index in [4.69, 9.17) is 11.6 Å². The van der Waals surface area contributed by atoms with Gasteiger partial charge in [0.1, 0.15) is 12.9 Å². The van der Waals surface area contributed by atoms with Gasteiger partial charge in [0.2, 0.25) is 11.7 Å². The van der Waals surface area contributed by atoms with Crippen LogP contribution in [0.15, 0.2) is 18.7 Å². The third kappa shape index (κ3) is 2.68. The molecule has 0 unspecified atom stereocenters. The maximum Gasteiger partial charge on any atom is 0.244 e. The molecule has 2 fully saturated rings. The van der Waals surface area contributed by atoms with Gasteiger partial charge < -0.3 is 9.80 Å². The molecule has 2 aliphatic heterocycles. The van der Waals surface area contributed by atoms with Gasteiger partial charge in [-0.2, -0.15) is 4.39 Å². The molecule has 0 aromatic carbocycles. The summed E-state index contributed by atoms with van der Waals surface area (Å²) in [6.45, 7) is 2.83. The predicted octanol–water partition coefficient (Wildman–Crippen LogP) is 0.455. The van der Waals surface area contributed by atoms with Gasteiger partial charge in [0.05, 0.1) is 6.20 Å². The summed E-state index contributed by atoms with van der Waals surface area (Å²) in [6.07, 6.45) is 4.48. The molecule has 24 heavy (non-hydrogen) atoms. The molecule has 2 atom stereocenters. The van der Waals surface area contributed by atoms with E-state index in [2.05, 4.69) is 20.3 Å². The van der Waals surface area contributed by atoms with Crippen molar-refractivity contribution in [3.8, 4) is 0 Å². The minimum Gasteiger partial charge on any atom is -0.353 e. The largest absolute Gasteiger partial charge is 0.353 e. The van der Waals surface area contributed by atoms with Crippen LogP contribution in [0, 0.1) is 17.7 Å². The number of hydrogen-bond donors (Lipinski definition) is 0. The molecule has 0 radical (unpaired) electrons. The molecule has 10 heteroatoms. The Hall–Kier alpha value is -2.29. The highest BCUT2D eigenvalue weighted by Crippen LogP contribution is 2.34. The Balaban J connectivity index is 1.40. The van der Waals surface area contributed by atoms with Crippen molar-refractivity contribution in [2.24, 2.45) is 11.8 Å². The van der Waals surface area contributed by atoms with Crippen molar-refractivity contribution >= 4 is 23.3 Å². The van der Waals surface area contributed by atoms with E-state index in [1.54, 1.807) is 12.4 Å². The van der Waals surface area contributed by atoms with Gasteiger partial charge in [-0.15, -0.1) is 5.10 Å². The quantitative estimate of drug-likeness (QED) is 0.747. The zero-order valence-electron chi connectivity index (χ0n) is 12.7.